The molecule has 1 aliphatic carbocycles. The molecule has 0 amide bonds. The molecule has 2 aromatic heterocycles. The maximum absolute atomic E-state index is 8.86. The zero-order valence-corrected chi connectivity index (χ0v) is 11.7. The molecule has 1 unspecified atom stereocenters. The van der Waals surface area contributed by atoms with Crippen LogP contribution in [0.4, 0.5) is 0 Å². The number of hydrogen-bond acceptors (Lipinski definition) is 5. The monoisotopic (exact) mass is 276 g/mol. The van der Waals surface area contributed by atoms with E-state index in [1.807, 2.05) is 24.1 Å². The van der Waals surface area contributed by atoms with E-state index in [-0.39, 0.29) is 6.61 Å². The van der Waals surface area contributed by atoms with E-state index in [1.54, 1.807) is 4.68 Å². The molecule has 0 fully saturated rings. The summed E-state index contributed by atoms with van der Waals surface area (Å²) < 4.78 is 3.63. The summed E-state index contributed by atoms with van der Waals surface area (Å²) in [5.41, 5.74) is 3.54. The highest BCUT2D eigenvalue weighted by Gasteiger charge is 2.23. The van der Waals surface area contributed by atoms with E-state index in [9.17, 15) is 0 Å². The number of aliphatic hydroxyl groups is 1. The molecule has 7 nitrogen and oxygen atoms in total. The summed E-state index contributed by atoms with van der Waals surface area (Å²) in [5, 5.41) is 24.8. The molecular weight excluding hydrogens is 256 g/mol. The first-order chi connectivity index (χ1) is 9.78. The lowest BCUT2D eigenvalue weighted by Gasteiger charge is -2.23. The van der Waals surface area contributed by atoms with Crippen LogP contribution in [0.5, 0.6) is 0 Å². The van der Waals surface area contributed by atoms with Gasteiger partial charge in [-0.2, -0.15) is 5.10 Å². The minimum atomic E-state index is 0.0812. The number of hydrogen-bond donors (Lipinski definition) is 2. The highest BCUT2D eigenvalue weighted by atomic mass is 16.3. The van der Waals surface area contributed by atoms with Crippen molar-refractivity contribution in [3.05, 3.63) is 29.3 Å². The summed E-state index contributed by atoms with van der Waals surface area (Å²) in [6.07, 6.45) is 7.26. The minimum Gasteiger partial charge on any atom is -0.394 e. The number of fused-ring (bicyclic) bond motifs is 1. The third kappa shape index (κ3) is 2.59. The van der Waals surface area contributed by atoms with Gasteiger partial charge in [-0.05, 0) is 19.3 Å². The van der Waals surface area contributed by atoms with Gasteiger partial charge in [-0.15, -0.1) is 5.10 Å². The van der Waals surface area contributed by atoms with Crippen molar-refractivity contribution >= 4 is 0 Å². The van der Waals surface area contributed by atoms with Crippen molar-refractivity contribution in [2.75, 3.05) is 6.61 Å². The molecule has 0 saturated carbocycles. The molecule has 20 heavy (non-hydrogen) atoms. The van der Waals surface area contributed by atoms with Gasteiger partial charge in [-0.25, -0.2) is 4.68 Å². The van der Waals surface area contributed by atoms with Crippen LogP contribution in [0, 0.1) is 0 Å². The minimum absolute atomic E-state index is 0.0812. The third-order valence-corrected chi connectivity index (χ3v) is 3.82. The molecular formula is C13H20N6O. The van der Waals surface area contributed by atoms with E-state index in [0.29, 0.717) is 19.1 Å². The quantitative estimate of drug-likeness (QED) is 0.814. The van der Waals surface area contributed by atoms with Gasteiger partial charge in [-0.3, -0.25) is 4.68 Å². The predicted octanol–water partition coefficient (Wildman–Crippen LogP) is 0.171. The first-order valence-electron chi connectivity index (χ1n) is 7.02. The average Bonchev–Trinajstić information content (AvgIpc) is 3.05. The molecule has 0 radical (unpaired) electrons. The van der Waals surface area contributed by atoms with Crippen LogP contribution in [0.3, 0.4) is 0 Å². The van der Waals surface area contributed by atoms with Gasteiger partial charge in [0.25, 0.3) is 0 Å². The second kappa shape index (κ2) is 5.72. The topological polar surface area (TPSA) is 80.8 Å². The van der Waals surface area contributed by atoms with E-state index in [4.69, 9.17) is 5.11 Å². The number of aliphatic hydroxyl groups excluding tert-OH is 1. The standard InChI is InChI=1S/C13H20N6O/c1-18-13-4-2-3-12(11(13)8-15-18)14-7-10-9-19(5-6-20)17-16-10/h8-9,12,14,20H,2-7H2,1H3. The van der Waals surface area contributed by atoms with Gasteiger partial charge >= 0.3 is 0 Å². The number of aryl methyl sites for hydroxylation is 1. The predicted molar refractivity (Wildman–Crippen MR) is 72.8 cm³/mol. The van der Waals surface area contributed by atoms with Crippen molar-refractivity contribution in [3.8, 4) is 0 Å². The molecule has 0 bridgehead atoms. The smallest absolute Gasteiger partial charge is 0.0965 e. The van der Waals surface area contributed by atoms with Crippen LogP contribution in [0.2, 0.25) is 0 Å². The number of rotatable bonds is 5. The summed E-state index contributed by atoms with van der Waals surface area (Å²) in [5.74, 6) is 0. The van der Waals surface area contributed by atoms with Crippen molar-refractivity contribution < 1.29 is 5.11 Å². The summed E-state index contributed by atoms with van der Waals surface area (Å²) in [6.45, 7) is 1.26. The second-order valence-corrected chi connectivity index (χ2v) is 5.19. The Morgan fingerprint density at radius 3 is 3.25 bits per heavy atom. The Labute approximate surface area is 117 Å². The lowest BCUT2D eigenvalue weighted by molar-refractivity contribution is 0.268. The Balaban J connectivity index is 1.64. The molecule has 2 N–H and O–H groups in total. The fourth-order valence-corrected chi connectivity index (χ4v) is 2.78. The zero-order valence-electron chi connectivity index (χ0n) is 11.7. The molecule has 0 aliphatic heterocycles. The number of aromatic nitrogens is 5. The third-order valence-electron chi connectivity index (χ3n) is 3.82. The van der Waals surface area contributed by atoms with Crippen molar-refractivity contribution in [1.29, 1.82) is 0 Å². The van der Waals surface area contributed by atoms with E-state index < -0.39 is 0 Å². The van der Waals surface area contributed by atoms with Crippen molar-refractivity contribution in [3.63, 3.8) is 0 Å². The molecule has 1 aliphatic rings. The molecule has 7 heteroatoms. The SMILES string of the molecule is Cn1ncc2c1CCCC2NCc1cn(CCO)nn1. The van der Waals surface area contributed by atoms with Gasteiger partial charge in [0, 0.05) is 37.1 Å². The molecule has 0 spiro atoms. The van der Waals surface area contributed by atoms with Crippen LogP contribution in [0.15, 0.2) is 12.4 Å². The molecule has 0 saturated heterocycles. The van der Waals surface area contributed by atoms with Crippen molar-refractivity contribution in [1.82, 2.24) is 30.1 Å². The van der Waals surface area contributed by atoms with Gasteiger partial charge in [0.2, 0.25) is 0 Å². The fraction of sp³-hybridized carbons (Fsp3) is 0.615. The molecule has 0 aromatic carbocycles. The van der Waals surface area contributed by atoms with Crippen molar-refractivity contribution in [2.45, 2.75) is 38.4 Å². The molecule has 1 atom stereocenters. The van der Waals surface area contributed by atoms with Crippen LogP contribution in [0.25, 0.3) is 0 Å². The van der Waals surface area contributed by atoms with Crippen LogP contribution in [0.1, 0.15) is 35.8 Å². The highest BCUT2D eigenvalue weighted by molar-refractivity contribution is 5.24. The second-order valence-electron chi connectivity index (χ2n) is 5.19. The van der Waals surface area contributed by atoms with E-state index in [2.05, 4.69) is 20.7 Å². The first-order valence-corrected chi connectivity index (χ1v) is 7.02. The van der Waals surface area contributed by atoms with Gasteiger partial charge in [-0.1, -0.05) is 5.21 Å². The number of nitrogens with zero attached hydrogens (tertiary/aromatic N) is 5. The Hall–Kier alpha value is -1.73. The average molecular weight is 276 g/mol. The number of nitrogens with one attached hydrogen (secondary N) is 1. The Kier molecular flexibility index (Phi) is 3.79. The lowest BCUT2D eigenvalue weighted by atomic mass is 9.93. The fourth-order valence-electron chi connectivity index (χ4n) is 2.78. The molecule has 2 heterocycles. The Morgan fingerprint density at radius 1 is 1.50 bits per heavy atom. The van der Waals surface area contributed by atoms with E-state index in [0.717, 1.165) is 18.5 Å². The molecule has 2 aromatic rings. The maximum Gasteiger partial charge on any atom is 0.0965 e. The van der Waals surface area contributed by atoms with Gasteiger partial charge in [0.15, 0.2) is 0 Å². The van der Waals surface area contributed by atoms with Crippen LogP contribution < -0.4 is 5.32 Å². The molecule has 3 rings (SSSR count). The van der Waals surface area contributed by atoms with Gasteiger partial charge < -0.3 is 10.4 Å². The van der Waals surface area contributed by atoms with Crippen LogP contribution in [-0.4, -0.2) is 36.5 Å². The maximum atomic E-state index is 8.86. The van der Waals surface area contributed by atoms with Crippen LogP contribution in [-0.2, 0) is 26.6 Å². The highest BCUT2D eigenvalue weighted by Crippen LogP contribution is 2.29. The largest absolute Gasteiger partial charge is 0.394 e. The van der Waals surface area contributed by atoms with Crippen molar-refractivity contribution in [2.24, 2.45) is 7.05 Å². The van der Waals surface area contributed by atoms with E-state index >= 15 is 0 Å². The van der Waals surface area contributed by atoms with E-state index in [1.165, 1.54) is 17.7 Å². The Bertz CT molecular complexity index is 575. The summed E-state index contributed by atoms with van der Waals surface area (Å²) in [4.78, 5) is 0. The first kappa shape index (κ1) is 13.3. The van der Waals surface area contributed by atoms with Gasteiger partial charge in [0.1, 0.15) is 0 Å². The summed E-state index contributed by atoms with van der Waals surface area (Å²) >= 11 is 0. The summed E-state index contributed by atoms with van der Waals surface area (Å²) in [7, 11) is 2.00. The summed E-state index contributed by atoms with van der Waals surface area (Å²) in [6, 6.07) is 0.343. The zero-order chi connectivity index (χ0) is 13.9. The van der Waals surface area contributed by atoms with Gasteiger partial charge in [0.05, 0.1) is 25.0 Å². The molecule has 108 valence electrons. The normalized spacial score (nSPS) is 18.2. The van der Waals surface area contributed by atoms with Crippen LogP contribution >= 0.6 is 0 Å². The Morgan fingerprint density at radius 2 is 2.40 bits per heavy atom. The lowest BCUT2D eigenvalue weighted by Crippen LogP contribution is -2.25.